The Balaban J connectivity index is 1.25. The summed E-state index contributed by atoms with van der Waals surface area (Å²) >= 11 is 0. The monoisotopic (exact) mass is 585 g/mol. The molecule has 0 spiro atoms. The van der Waals surface area contributed by atoms with Gasteiger partial charge in [-0.05, 0) is 76.5 Å². The number of hydrogen-bond donors (Lipinski definition) is 0. The van der Waals surface area contributed by atoms with Gasteiger partial charge in [0, 0.05) is 32.8 Å². The molecule has 3 heteroatoms. The third-order valence-corrected chi connectivity index (χ3v) is 9.45. The summed E-state index contributed by atoms with van der Waals surface area (Å²) in [6, 6.07) is 58.9. The molecule has 46 heavy (non-hydrogen) atoms. The number of hydrogen-bond acceptors (Lipinski definition) is 1. The molecule has 3 heterocycles. The maximum absolute atomic E-state index is 5.22. The Kier molecular flexibility index (Phi) is 5.28. The van der Waals surface area contributed by atoms with Gasteiger partial charge in [0.1, 0.15) is 5.82 Å². The number of pyridine rings is 1. The summed E-state index contributed by atoms with van der Waals surface area (Å²) in [7, 11) is 0. The van der Waals surface area contributed by atoms with E-state index in [9.17, 15) is 0 Å². The summed E-state index contributed by atoms with van der Waals surface area (Å²) in [5.74, 6) is 0.920. The highest BCUT2D eigenvalue weighted by atomic mass is 15.1. The van der Waals surface area contributed by atoms with Gasteiger partial charge < -0.3 is 4.57 Å². The lowest BCUT2D eigenvalue weighted by Gasteiger charge is -2.11. The van der Waals surface area contributed by atoms with Gasteiger partial charge in [0.15, 0.2) is 0 Å². The second kappa shape index (κ2) is 9.65. The van der Waals surface area contributed by atoms with Gasteiger partial charge in [0.2, 0.25) is 0 Å². The van der Waals surface area contributed by atoms with E-state index in [2.05, 4.69) is 167 Å². The normalized spacial score (nSPS) is 11.9. The molecule has 214 valence electrons. The van der Waals surface area contributed by atoms with Crippen molar-refractivity contribution in [1.29, 1.82) is 0 Å². The Morgan fingerprint density at radius 2 is 1.07 bits per heavy atom. The number of rotatable bonds is 4. The van der Waals surface area contributed by atoms with Crippen LogP contribution in [0.3, 0.4) is 0 Å². The highest BCUT2D eigenvalue weighted by molar-refractivity contribution is 6.25. The van der Waals surface area contributed by atoms with Crippen molar-refractivity contribution >= 4 is 54.4 Å². The third-order valence-electron chi connectivity index (χ3n) is 9.45. The standard InChI is InChI=1S/C43H27N3/c1-3-11-28(12-4-1)36-17-10-20-41(44-36)46-38-19-9-13-29-21-22-31-25-32(27-40(46)43(31)42(29)38)30-23-24-35-34-16-7-8-18-37(34)45(39(35)26-30)33-14-5-2-6-15-33/h1-27H. The highest BCUT2D eigenvalue weighted by Gasteiger charge is 2.20. The molecular weight excluding hydrogens is 558 g/mol. The first kappa shape index (κ1) is 25.2. The van der Waals surface area contributed by atoms with Gasteiger partial charge in [-0.2, -0.15) is 0 Å². The molecule has 0 unspecified atom stereocenters. The van der Waals surface area contributed by atoms with Crippen LogP contribution in [-0.2, 0) is 0 Å². The van der Waals surface area contributed by atoms with Crippen molar-refractivity contribution in [3.8, 4) is 33.9 Å². The predicted molar refractivity (Wildman–Crippen MR) is 192 cm³/mol. The van der Waals surface area contributed by atoms with Crippen molar-refractivity contribution in [3.05, 3.63) is 164 Å². The van der Waals surface area contributed by atoms with E-state index < -0.39 is 0 Å². The molecule has 0 fully saturated rings. The second-order valence-electron chi connectivity index (χ2n) is 12.0. The van der Waals surface area contributed by atoms with E-state index in [1.54, 1.807) is 0 Å². The molecule has 0 radical (unpaired) electrons. The van der Waals surface area contributed by atoms with Crippen molar-refractivity contribution in [1.82, 2.24) is 14.1 Å². The smallest absolute Gasteiger partial charge is 0.138 e. The lowest BCUT2D eigenvalue weighted by molar-refractivity contribution is 1.08. The quantitative estimate of drug-likeness (QED) is 0.188. The Hall–Kier alpha value is -6.19. The zero-order chi connectivity index (χ0) is 30.2. The molecule has 0 N–H and O–H groups in total. The van der Waals surface area contributed by atoms with Gasteiger partial charge in [-0.3, -0.25) is 4.57 Å². The zero-order valence-electron chi connectivity index (χ0n) is 24.9. The molecule has 0 aliphatic heterocycles. The molecule has 0 aliphatic rings. The first-order valence-electron chi connectivity index (χ1n) is 15.7. The Morgan fingerprint density at radius 1 is 0.370 bits per heavy atom. The lowest BCUT2D eigenvalue weighted by atomic mass is 9.97. The highest BCUT2D eigenvalue weighted by Crippen LogP contribution is 2.42. The third kappa shape index (κ3) is 3.63. The second-order valence-corrected chi connectivity index (χ2v) is 12.0. The van der Waals surface area contributed by atoms with Crippen LogP contribution in [0, 0.1) is 0 Å². The van der Waals surface area contributed by atoms with E-state index >= 15 is 0 Å². The molecule has 0 bridgehead atoms. The average molecular weight is 586 g/mol. The largest absolute Gasteiger partial charge is 0.309 e. The minimum atomic E-state index is 0.920. The molecule has 0 saturated carbocycles. The van der Waals surface area contributed by atoms with E-state index in [1.165, 1.54) is 65.5 Å². The number of fused-ring (bicyclic) bond motifs is 3. The molecule has 0 atom stereocenters. The summed E-state index contributed by atoms with van der Waals surface area (Å²) in [4.78, 5) is 5.22. The summed E-state index contributed by atoms with van der Waals surface area (Å²) in [6.07, 6.45) is 0. The molecule has 3 aromatic heterocycles. The number of nitrogens with zero attached hydrogens (tertiary/aromatic N) is 3. The fourth-order valence-electron chi connectivity index (χ4n) is 7.43. The van der Waals surface area contributed by atoms with E-state index in [0.717, 1.165) is 22.8 Å². The van der Waals surface area contributed by atoms with Crippen LogP contribution in [-0.4, -0.2) is 14.1 Å². The minimum Gasteiger partial charge on any atom is -0.309 e. The summed E-state index contributed by atoms with van der Waals surface area (Å²) < 4.78 is 4.74. The van der Waals surface area contributed by atoms with Crippen LogP contribution >= 0.6 is 0 Å². The summed E-state index contributed by atoms with van der Waals surface area (Å²) in [5, 5.41) is 7.56. The first-order chi connectivity index (χ1) is 22.8. The van der Waals surface area contributed by atoms with Crippen LogP contribution in [0.1, 0.15) is 0 Å². The van der Waals surface area contributed by atoms with Crippen LogP contribution in [0.2, 0.25) is 0 Å². The zero-order valence-corrected chi connectivity index (χ0v) is 24.9. The molecular formula is C43H27N3. The van der Waals surface area contributed by atoms with Gasteiger partial charge in [0.25, 0.3) is 0 Å². The Labute approximate surface area is 265 Å². The van der Waals surface area contributed by atoms with Crippen molar-refractivity contribution < 1.29 is 0 Å². The average Bonchev–Trinajstić information content (AvgIpc) is 3.64. The van der Waals surface area contributed by atoms with Crippen LogP contribution in [0.4, 0.5) is 0 Å². The summed E-state index contributed by atoms with van der Waals surface area (Å²) in [6.45, 7) is 0. The van der Waals surface area contributed by atoms with Gasteiger partial charge in [0.05, 0.1) is 27.8 Å². The molecule has 10 rings (SSSR count). The maximum Gasteiger partial charge on any atom is 0.138 e. The Bertz CT molecular complexity index is 2730. The SMILES string of the molecule is c1ccc(-c2cccc(-n3c4cccc5ccc6cc(-c7ccc8c9ccccc9n(-c9ccccc9)c8c7)cc3c6c54)n2)cc1. The van der Waals surface area contributed by atoms with Gasteiger partial charge >= 0.3 is 0 Å². The molecule has 10 aromatic rings. The maximum atomic E-state index is 5.22. The Morgan fingerprint density at radius 3 is 1.96 bits per heavy atom. The van der Waals surface area contributed by atoms with Crippen molar-refractivity contribution in [2.45, 2.75) is 0 Å². The van der Waals surface area contributed by atoms with Crippen LogP contribution in [0.5, 0.6) is 0 Å². The van der Waals surface area contributed by atoms with Gasteiger partial charge in [-0.15, -0.1) is 0 Å². The van der Waals surface area contributed by atoms with E-state index in [-0.39, 0.29) is 0 Å². The number of benzene rings is 7. The number of aromatic nitrogens is 3. The van der Waals surface area contributed by atoms with Crippen molar-refractivity contribution in [3.63, 3.8) is 0 Å². The van der Waals surface area contributed by atoms with Crippen molar-refractivity contribution in [2.75, 3.05) is 0 Å². The number of para-hydroxylation sites is 2. The minimum absolute atomic E-state index is 0.920. The van der Waals surface area contributed by atoms with Crippen molar-refractivity contribution in [2.24, 2.45) is 0 Å². The van der Waals surface area contributed by atoms with Crippen LogP contribution < -0.4 is 0 Å². The molecule has 0 aliphatic carbocycles. The molecule has 3 nitrogen and oxygen atoms in total. The molecule has 7 aromatic carbocycles. The summed E-state index contributed by atoms with van der Waals surface area (Å²) in [5.41, 5.74) is 10.4. The molecule has 0 amide bonds. The van der Waals surface area contributed by atoms with E-state index in [0.29, 0.717) is 0 Å². The first-order valence-corrected chi connectivity index (χ1v) is 15.7. The fourth-order valence-corrected chi connectivity index (χ4v) is 7.43. The van der Waals surface area contributed by atoms with Crippen LogP contribution in [0.25, 0.3) is 88.3 Å². The molecule has 0 saturated heterocycles. The fraction of sp³-hybridized carbons (Fsp3) is 0. The van der Waals surface area contributed by atoms with Gasteiger partial charge in [-0.1, -0.05) is 109 Å². The van der Waals surface area contributed by atoms with E-state index in [1.807, 2.05) is 6.07 Å². The van der Waals surface area contributed by atoms with Crippen LogP contribution in [0.15, 0.2) is 164 Å². The van der Waals surface area contributed by atoms with Gasteiger partial charge in [-0.25, -0.2) is 4.98 Å². The predicted octanol–water partition coefficient (Wildman–Crippen LogP) is 11.2. The lowest BCUT2D eigenvalue weighted by Crippen LogP contribution is -1.98. The topological polar surface area (TPSA) is 22.8 Å². The van der Waals surface area contributed by atoms with E-state index in [4.69, 9.17) is 4.98 Å².